The number of carbonyl (C=O) groups excluding carboxylic acids is 1. The summed E-state index contributed by atoms with van der Waals surface area (Å²) in [5.74, 6) is 1.95. The van der Waals surface area contributed by atoms with Crippen molar-refractivity contribution in [3.05, 3.63) is 39.1 Å². The Kier molecular flexibility index (Phi) is 5.84. The molecule has 2 heterocycles. The van der Waals surface area contributed by atoms with Gasteiger partial charge in [-0.25, -0.2) is 4.98 Å². The van der Waals surface area contributed by atoms with E-state index in [1.807, 2.05) is 32.9 Å². The average Bonchev–Trinajstić information content (AvgIpc) is 2.60. The van der Waals surface area contributed by atoms with E-state index in [-0.39, 0.29) is 12.0 Å². The maximum absolute atomic E-state index is 12.9. The molecular weight excluding hydrogens is 406 g/mol. The van der Waals surface area contributed by atoms with Crippen molar-refractivity contribution < 1.29 is 9.53 Å². The van der Waals surface area contributed by atoms with Gasteiger partial charge in [-0.05, 0) is 63.3 Å². The number of amides is 1. The molecule has 0 atom stereocenters. The molecule has 1 amide bonds. The molecule has 2 aromatic rings. The molecule has 0 radical (unpaired) electrons. The minimum Gasteiger partial charge on any atom is -0.474 e. The van der Waals surface area contributed by atoms with Crippen molar-refractivity contribution in [2.45, 2.75) is 66.4 Å². The van der Waals surface area contributed by atoms with E-state index in [1.54, 1.807) is 4.90 Å². The molecule has 144 valence electrons. The molecule has 1 aromatic heterocycles. The maximum atomic E-state index is 12.9. The van der Waals surface area contributed by atoms with E-state index in [0.717, 1.165) is 39.7 Å². The summed E-state index contributed by atoms with van der Waals surface area (Å²) in [6.45, 7) is 10.1. The zero-order valence-electron chi connectivity index (χ0n) is 16.6. The van der Waals surface area contributed by atoms with Gasteiger partial charge in [0.05, 0.1) is 17.4 Å². The highest BCUT2D eigenvalue weighted by molar-refractivity contribution is 9.10. The number of aromatic nitrogens is 2. The van der Waals surface area contributed by atoms with Gasteiger partial charge in [0.15, 0.2) is 5.82 Å². The van der Waals surface area contributed by atoms with Crippen LogP contribution < -0.4 is 9.64 Å². The second kappa shape index (κ2) is 7.97. The third-order valence-corrected chi connectivity index (χ3v) is 5.44. The van der Waals surface area contributed by atoms with E-state index in [4.69, 9.17) is 4.74 Å². The Hall–Kier alpha value is -1.95. The number of hydrogen-bond donors (Lipinski definition) is 0. The summed E-state index contributed by atoms with van der Waals surface area (Å²) in [6, 6.07) is 4.05. The number of benzene rings is 1. The number of carbonyl (C=O) groups is 1. The number of aryl methyl sites for hydroxylation is 3. The van der Waals surface area contributed by atoms with Crippen LogP contribution in [0.3, 0.4) is 0 Å². The predicted molar refractivity (Wildman–Crippen MR) is 111 cm³/mol. The van der Waals surface area contributed by atoms with E-state index in [9.17, 15) is 4.79 Å². The molecule has 1 aromatic carbocycles. The summed E-state index contributed by atoms with van der Waals surface area (Å²) in [5, 5.41) is 0. The van der Waals surface area contributed by atoms with Crippen molar-refractivity contribution >= 4 is 33.3 Å². The SMILES string of the molecule is CCC(CC)Oc1nc(C)nc2c1CCC(=O)N2c1c(C)cc(Br)cc1C. The molecule has 27 heavy (non-hydrogen) atoms. The first kappa shape index (κ1) is 19.8. The summed E-state index contributed by atoms with van der Waals surface area (Å²) in [5.41, 5.74) is 3.88. The van der Waals surface area contributed by atoms with Crippen molar-refractivity contribution in [3.8, 4) is 5.88 Å². The van der Waals surface area contributed by atoms with Crippen LogP contribution in [0.25, 0.3) is 0 Å². The van der Waals surface area contributed by atoms with Crippen molar-refractivity contribution in [1.82, 2.24) is 9.97 Å². The molecule has 1 aliphatic rings. The third-order valence-electron chi connectivity index (χ3n) is 4.98. The van der Waals surface area contributed by atoms with E-state index in [1.165, 1.54) is 0 Å². The Bertz CT molecular complexity index is 855. The Morgan fingerprint density at radius 1 is 1.11 bits per heavy atom. The number of nitrogens with zero attached hydrogens (tertiary/aromatic N) is 3. The Balaban J connectivity index is 2.16. The van der Waals surface area contributed by atoms with Crippen LogP contribution in [0.5, 0.6) is 5.88 Å². The van der Waals surface area contributed by atoms with E-state index < -0.39 is 0 Å². The number of halogens is 1. The molecule has 0 aliphatic carbocycles. The van der Waals surface area contributed by atoms with Crippen LogP contribution in [0.1, 0.15) is 55.6 Å². The Morgan fingerprint density at radius 2 is 1.74 bits per heavy atom. The number of rotatable bonds is 5. The fourth-order valence-electron chi connectivity index (χ4n) is 3.62. The fourth-order valence-corrected chi connectivity index (χ4v) is 4.31. The summed E-state index contributed by atoms with van der Waals surface area (Å²) >= 11 is 3.54. The molecule has 0 bridgehead atoms. The van der Waals surface area contributed by atoms with E-state index >= 15 is 0 Å². The molecule has 0 spiro atoms. The lowest BCUT2D eigenvalue weighted by Crippen LogP contribution is -2.34. The van der Waals surface area contributed by atoms with Crippen LogP contribution in [0, 0.1) is 20.8 Å². The first-order valence-corrected chi connectivity index (χ1v) is 10.3. The zero-order valence-corrected chi connectivity index (χ0v) is 18.2. The van der Waals surface area contributed by atoms with Crippen molar-refractivity contribution in [2.24, 2.45) is 0 Å². The molecule has 5 nitrogen and oxygen atoms in total. The Morgan fingerprint density at radius 3 is 2.33 bits per heavy atom. The number of anilines is 2. The highest BCUT2D eigenvalue weighted by Crippen LogP contribution is 2.40. The summed E-state index contributed by atoms with van der Waals surface area (Å²) in [6.07, 6.45) is 2.98. The minimum absolute atomic E-state index is 0.0580. The molecule has 0 unspecified atom stereocenters. The molecular formula is C21H26BrN3O2. The van der Waals surface area contributed by atoms with Crippen molar-refractivity contribution in [3.63, 3.8) is 0 Å². The Labute approximate surface area is 169 Å². The molecule has 0 fully saturated rings. The second-order valence-electron chi connectivity index (χ2n) is 7.05. The van der Waals surface area contributed by atoms with Crippen LogP contribution >= 0.6 is 15.9 Å². The van der Waals surface area contributed by atoms with Gasteiger partial charge in [-0.2, -0.15) is 4.98 Å². The van der Waals surface area contributed by atoms with Gasteiger partial charge in [-0.1, -0.05) is 29.8 Å². The van der Waals surface area contributed by atoms with Gasteiger partial charge < -0.3 is 4.74 Å². The quantitative estimate of drug-likeness (QED) is 0.640. The van der Waals surface area contributed by atoms with Gasteiger partial charge in [0.2, 0.25) is 11.8 Å². The topological polar surface area (TPSA) is 55.3 Å². The number of fused-ring (bicyclic) bond motifs is 1. The van der Waals surface area contributed by atoms with Gasteiger partial charge in [-0.3, -0.25) is 9.69 Å². The predicted octanol–water partition coefficient (Wildman–Crippen LogP) is 5.34. The normalized spacial score (nSPS) is 13.9. The van der Waals surface area contributed by atoms with E-state index in [2.05, 4.69) is 39.7 Å². The third kappa shape index (κ3) is 3.86. The van der Waals surface area contributed by atoms with E-state index in [0.29, 0.717) is 30.4 Å². The molecule has 3 rings (SSSR count). The smallest absolute Gasteiger partial charge is 0.233 e. The van der Waals surface area contributed by atoms with Gasteiger partial charge >= 0.3 is 0 Å². The lowest BCUT2D eigenvalue weighted by Gasteiger charge is -2.32. The maximum Gasteiger partial charge on any atom is 0.233 e. The van der Waals surface area contributed by atoms with Gasteiger partial charge in [0.25, 0.3) is 0 Å². The summed E-state index contributed by atoms with van der Waals surface area (Å²) in [4.78, 5) is 23.9. The van der Waals surface area contributed by atoms with Crippen LogP contribution in [0.15, 0.2) is 16.6 Å². The van der Waals surface area contributed by atoms with Crippen molar-refractivity contribution in [1.29, 1.82) is 0 Å². The highest BCUT2D eigenvalue weighted by atomic mass is 79.9. The summed E-state index contributed by atoms with van der Waals surface area (Å²) < 4.78 is 7.20. The first-order valence-electron chi connectivity index (χ1n) is 9.49. The van der Waals surface area contributed by atoms with Gasteiger partial charge in [-0.15, -0.1) is 0 Å². The number of hydrogen-bond acceptors (Lipinski definition) is 4. The monoisotopic (exact) mass is 431 g/mol. The van der Waals surface area contributed by atoms with Crippen LogP contribution in [-0.4, -0.2) is 22.0 Å². The zero-order chi connectivity index (χ0) is 19.7. The average molecular weight is 432 g/mol. The lowest BCUT2D eigenvalue weighted by atomic mass is 10.0. The van der Waals surface area contributed by atoms with Crippen molar-refractivity contribution in [2.75, 3.05) is 4.90 Å². The first-order chi connectivity index (χ1) is 12.8. The molecule has 0 saturated carbocycles. The van der Waals surface area contributed by atoms with Gasteiger partial charge in [0.1, 0.15) is 5.82 Å². The largest absolute Gasteiger partial charge is 0.474 e. The van der Waals surface area contributed by atoms with Crippen LogP contribution in [0.4, 0.5) is 11.5 Å². The summed E-state index contributed by atoms with van der Waals surface area (Å²) in [7, 11) is 0. The molecule has 0 N–H and O–H groups in total. The molecule has 6 heteroatoms. The molecule has 1 aliphatic heterocycles. The van der Waals surface area contributed by atoms with Crippen LogP contribution in [0.2, 0.25) is 0 Å². The van der Waals surface area contributed by atoms with Gasteiger partial charge in [0, 0.05) is 10.9 Å². The standard InChI is InChI=1S/C21H26BrN3O2/c1-6-16(7-2)27-21-17-8-9-18(26)25(20(17)23-14(5)24-21)19-12(3)10-15(22)11-13(19)4/h10-11,16H,6-9H2,1-5H3. The minimum atomic E-state index is 0.0580. The number of ether oxygens (including phenoxy) is 1. The second-order valence-corrected chi connectivity index (χ2v) is 7.97. The fraction of sp³-hybridized carbons (Fsp3) is 0.476. The lowest BCUT2D eigenvalue weighted by molar-refractivity contribution is -0.118. The molecule has 0 saturated heterocycles. The highest BCUT2D eigenvalue weighted by Gasteiger charge is 2.32. The van der Waals surface area contributed by atoms with Crippen LogP contribution in [-0.2, 0) is 11.2 Å².